The molecule has 3 nitrogen and oxygen atoms in total. The van der Waals surface area contributed by atoms with Crippen LogP contribution in [0.2, 0.25) is 0 Å². The van der Waals surface area contributed by atoms with Gasteiger partial charge in [0.2, 0.25) is 0 Å². The van der Waals surface area contributed by atoms with E-state index in [9.17, 15) is 0 Å². The van der Waals surface area contributed by atoms with Gasteiger partial charge in [0.15, 0.2) is 0 Å². The maximum absolute atomic E-state index is 9.11. The minimum absolute atomic E-state index is 0.653. The van der Waals surface area contributed by atoms with E-state index in [1.165, 1.54) is 11.4 Å². The van der Waals surface area contributed by atoms with Gasteiger partial charge in [0, 0.05) is 13.1 Å². The van der Waals surface area contributed by atoms with Crippen molar-refractivity contribution < 1.29 is 0 Å². The van der Waals surface area contributed by atoms with Gasteiger partial charge in [-0.05, 0) is 24.5 Å². The highest BCUT2D eigenvalue weighted by Gasteiger charge is 2.26. The fourth-order valence-corrected chi connectivity index (χ4v) is 4.73. The molecule has 0 aliphatic carbocycles. The number of hydrogen-bond donors (Lipinski definition) is 1. The monoisotopic (exact) mass is 281 g/mol. The highest BCUT2D eigenvalue weighted by molar-refractivity contribution is 7.99. The van der Waals surface area contributed by atoms with E-state index in [1.807, 2.05) is 6.26 Å². The maximum Gasteiger partial charge on any atom is 0.131 e. The number of nitrogens with two attached hydrogens (primary N) is 1. The van der Waals surface area contributed by atoms with Crippen molar-refractivity contribution in [2.75, 3.05) is 30.0 Å². The topological polar surface area (TPSA) is 53.0 Å². The van der Waals surface area contributed by atoms with Crippen molar-refractivity contribution in [3.05, 3.63) is 4.88 Å². The van der Waals surface area contributed by atoms with Gasteiger partial charge in [-0.1, -0.05) is 13.8 Å². The fourth-order valence-electron chi connectivity index (χ4n) is 2.73. The summed E-state index contributed by atoms with van der Waals surface area (Å²) < 4.78 is 0. The van der Waals surface area contributed by atoms with Crippen LogP contribution in [0.5, 0.6) is 0 Å². The van der Waals surface area contributed by atoms with Gasteiger partial charge in [-0.2, -0.15) is 5.26 Å². The normalized spacial score (nSPS) is 24.0. The number of thioether (sulfide) groups is 1. The van der Waals surface area contributed by atoms with E-state index in [4.69, 9.17) is 11.0 Å². The molecule has 2 rings (SSSR count). The summed E-state index contributed by atoms with van der Waals surface area (Å²) >= 11 is 3.19. The van der Waals surface area contributed by atoms with Crippen LogP contribution in [0.4, 0.5) is 10.7 Å². The van der Waals surface area contributed by atoms with Crippen LogP contribution >= 0.6 is 23.1 Å². The zero-order valence-corrected chi connectivity index (χ0v) is 12.7. The third kappa shape index (κ3) is 2.45. The zero-order chi connectivity index (χ0) is 13.3. The SMILES string of the molecule is CSc1c(N2CC(C)CC(C)C2)sc(C#N)c1N. The summed E-state index contributed by atoms with van der Waals surface area (Å²) in [5.41, 5.74) is 6.70. The highest BCUT2D eigenvalue weighted by Crippen LogP contribution is 2.44. The van der Waals surface area contributed by atoms with E-state index in [0.717, 1.165) is 18.0 Å². The van der Waals surface area contributed by atoms with Crippen LogP contribution < -0.4 is 10.6 Å². The molecule has 1 aromatic rings. The summed E-state index contributed by atoms with van der Waals surface area (Å²) in [4.78, 5) is 4.14. The minimum atomic E-state index is 0.653. The van der Waals surface area contributed by atoms with Crippen LogP contribution in [0.3, 0.4) is 0 Å². The van der Waals surface area contributed by atoms with Crippen molar-refractivity contribution in [3.8, 4) is 6.07 Å². The molecule has 1 aliphatic heterocycles. The van der Waals surface area contributed by atoms with Gasteiger partial charge in [-0.3, -0.25) is 0 Å². The molecule has 0 saturated carbocycles. The highest BCUT2D eigenvalue weighted by atomic mass is 32.2. The number of anilines is 2. The molecular formula is C13H19N3S2. The van der Waals surface area contributed by atoms with Crippen molar-refractivity contribution in [1.29, 1.82) is 5.26 Å². The largest absolute Gasteiger partial charge is 0.396 e. The second-order valence-corrected chi connectivity index (χ2v) is 6.96. The fraction of sp³-hybridized carbons (Fsp3) is 0.615. The second-order valence-electron chi connectivity index (χ2n) is 5.15. The van der Waals surface area contributed by atoms with Crippen molar-refractivity contribution in [3.63, 3.8) is 0 Å². The van der Waals surface area contributed by atoms with Gasteiger partial charge >= 0.3 is 0 Å². The standard InChI is InChI=1S/C13H19N3S2/c1-8-4-9(2)7-16(6-8)13-12(17-3)11(15)10(5-14)18-13/h8-9H,4,6-7,15H2,1-3H3. The third-order valence-corrected chi connectivity index (χ3v) is 5.47. The number of thiophene rings is 1. The summed E-state index contributed by atoms with van der Waals surface area (Å²) in [5.74, 6) is 1.41. The van der Waals surface area contributed by atoms with Gasteiger partial charge in [0.1, 0.15) is 15.9 Å². The molecule has 5 heteroatoms. The van der Waals surface area contributed by atoms with Crippen molar-refractivity contribution >= 4 is 33.8 Å². The first-order valence-electron chi connectivity index (χ1n) is 6.18. The Hall–Kier alpha value is -0.860. The number of rotatable bonds is 2. The predicted molar refractivity (Wildman–Crippen MR) is 80.4 cm³/mol. The Morgan fingerprint density at radius 3 is 2.50 bits per heavy atom. The van der Waals surface area contributed by atoms with Crippen LogP contribution in [-0.4, -0.2) is 19.3 Å². The lowest BCUT2D eigenvalue weighted by molar-refractivity contribution is 0.357. The number of hydrogen-bond acceptors (Lipinski definition) is 5. The Kier molecular flexibility index (Phi) is 4.08. The summed E-state index contributed by atoms with van der Waals surface area (Å²) in [6.07, 6.45) is 3.32. The average molecular weight is 281 g/mol. The molecule has 0 bridgehead atoms. The third-order valence-electron chi connectivity index (χ3n) is 3.34. The molecule has 2 unspecified atom stereocenters. The Morgan fingerprint density at radius 2 is 2.00 bits per heavy atom. The summed E-state index contributed by atoms with van der Waals surface area (Å²) in [7, 11) is 0. The van der Waals surface area contributed by atoms with Gasteiger partial charge in [-0.15, -0.1) is 23.1 Å². The Balaban J connectivity index is 2.35. The van der Waals surface area contributed by atoms with E-state index in [0.29, 0.717) is 22.4 Å². The van der Waals surface area contributed by atoms with E-state index in [1.54, 1.807) is 23.1 Å². The Bertz CT molecular complexity index is 465. The molecular weight excluding hydrogens is 262 g/mol. The molecule has 1 fully saturated rings. The number of nitrogen functional groups attached to an aromatic ring is 1. The van der Waals surface area contributed by atoms with Crippen molar-refractivity contribution in [2.45, 2.75) is 25.2 Å². The summed E-state index contributed by atoms with van der Waals surface area (Å²) in [5, 5.41) is 10.3. The maximum atomic E-state index is 9.11. The zero-order valence-electron chi connectivity index (χ0n) is 11.1. The van der Waals surface area contributed by atoms with Crippen LogP contribution in [-0.2, 0) is 0 Å². The molecule has 98 valence electrons. The molecule has 1 aromatic heterocycles. The molecule has 1 aliphatic rings. The predicted octanol–water partition coefficient (Wildman–Crippen LogP) is 3.41. The van der Waals surface area contributed by atoms with Crippen LogP contribution in [0.25, 0.3) is 0 Å². The first-order chi connectivity index (χ1) is 8.56. The molecule has 18 heavy (non-hydrogen) atoms. The van der Waals surface area contributed by atoms with Gasteiger partial charge in [0.05, 0.1) is 10.6 Å². The van der Waals surface area contributed by atoms with Gasteiger partial charge < -0.3 is 10.6 Å². The van der Waals surface area contributed by atoms with Crippen molar-refractivity contribution in [1.82, 2.24) is 0 Å². The average Bonchev–Trinajstić information content (AvgIpc) is 2.64. The molecule has 0 radical (unpaired) electrons. The lowest BCUT2D eigenvalue weighted by atomic mass is 9.92. The van der Waals surface area contributed by atoms with Crippen LogP contribution in [0, 0.1) is 23.2 Å². The summed E-state index contributed by atoms with van der Waals surface area (Å²) in [6, 6.07) is 2.21. The van der Waals surface area contributed by atoms with Gasteiger partial charge in [-0.25, -0.2) is 0 Å². The molecule has 0 spiro atoms. The van der Waals surface area contributed by atoms with E-state index in [2.05, 4.69) is 24.8 Å². The lowest BCUT2D eigenvalue weighted by Crippen LogP contribution is -2.38. The number of nitrogens with zero attached hydrogens (tertiary/aromatic N) is 2. The number of nitriles is 1. The smallest absolute Gasteiger partial charge is 0.131 e. The first kappa shape index (κ1) is 13.6. The Labute approximate surface area is 117 Å². The Morgan fingerprint density at radius 1 is 1.39 bits per heavy atom. The quantitative estimate of drug-likeness (QED) is 0.844. The van der Waals surface area contributed by atoms with E-state index < -0.39 is 0 Å². The minimum Gasteiger partial charge on any atom is -0.396 e. The molecule has 2 heterocycles. The van der Waals surface area contributed by atoms with E-state index in [-0.39, 0.29) is 0 Å². The molecule has 2 N–H and O–H groups in total. The van der Waals surface area contributed by atoms with E-state index >= 15 is 0 Å². The summed E-state index contributed by atoms with van der Waals surface area (Å²) in [6.45, 7) is 6.73. The number of piperidine rings is 1. The molecule has 0 amide bonds. The lowest BCUT2D eigenvalue weighted by Gasteiger charge is -2.36. The molecule has 1 saturated heterocycles. The van der Waals surface area contributed by atoms with Gasteiger partial charge in [0.25, 0.3) is 0 Å². The molecule has 0 aromatic carbocycles. The van der Waals surface area contributed by atoms with Crippen molar-refractivity contribution in [2.24, 2.45) is 11.8 Å². The first-order valence-corrected chi connectivity index (χ1v) is 8.22. The van der Waals surface area contributed by atoms with Crippen LogP contribution in [0.15, 0.2) is 4.90 Å². The molecule has 2 atom stereocenters. The van der Waals surface area contributed by atoms with Crippen LogP contribution in [0.1, 0.15) is 25.1 Å². The second kappa shape index (κ2) is 5.41.